The van der Waals surface area contributed by atoms with Crippen molar-refractivity contribution in [3.63, 3.8) is 0 Å². The second-order valence-corrected chi connectivity index (χ2v) is 8.95. The number of alkyl halides is 3. The topological polar surface area (TPSA) is 67.0 Å². The molecule has 9 heteroatoms. The first-order valence-electron chi connectivity index (χ1n) is 10.6. The van der Waals surface area contributed by atoms with Gasteiger partial charge < -0.3 is 9.64 Å². The van der Waals surface area contributed by atoms with Gasteiger partial charge in [-0.15, -0.1) is 0 Å². The number of aryl methyl sites for hydroxylation is 1. The Kier molecular flexibility index (Phi) is 5.58. The van der Waals surface area contributed by atoms with Gasteiger partial charge in [-0.3, -0.25) is 0 Å². The van der Waals surface area contributed by atoms with Crippen molar-refractivity contribution in [2.45, 2.75) is 52.3 Å². The summed E-state index contributed by atoms with van der Waals surface area (Å²) in [6, 6.07) is 3.79. The molecule has 4 rings (SSSR count). The quantitative estimate of drug-likeness (QED) is 0.624. The van der Waals surface area contributed by atoms with Crippen LogP contribution in [0.2, 0.25) is 0 Å². The van der Waals surface area contributed by atoms with E-state index < -0.39 is 11.7 Å². The van der Waals surface area contributed by atoms with E-state index in [1.165, 1.54) is 0 Å². The molecular weight excluding hydrogens is 407 g/mol. The number of nitriles is 1. The first-order valence-corrected chi connectivity index (χ1v) is 10.6. The van der Waals surface area contributed by atoms with E-state index in [4.69, 9.17) is 4.74 Å². The standard InChI is InChI=1S/C22H26F3N5O/c1-13(2)30-21(31-18-7-14(3)6-17(8-18)22(23,24)25)27-20(28-30)9-19-15-4-5-16(19)11-29(10-15)12-26/h6-8,13,15-16,19H,4-5,9-11H2,1-3H3/t15-,16+,19?. The normalized spacial score (nSPS) is 23.3. The number of likely N-dealkylation sites (tertiary alicyclic amines) is 1. The third kappa shape index (κ3) is 4.48. The van der Waals surface area contributed by atoms with Gasteiger partial charge in [-0.05, 0) is 75.1 Å². The molecule has 2 aromatic rings. The van der Waals surface area contributed by atoms with Crippen LogP contribution in [0.4, 0.5) is 13.2 Å². The van der Waals surface area contributed by atoms with Crippen LogP contribution in [0.15, 0.2) is 18.2 Å². The molecule has 1 aliphatic carbocycles. The summed E-state index contributed by atoms with van der Waals surface area (Å²) in [6.45, 7) is 7.00. The molecule has 1 saturated heterocycles. The maximum Gasteiger partial charge on any atom is 0.416 e. The van der Waals surface area contributed by atoms with Crippen LogP contribution in [0.5, 0.6) is 11.8 Å². The Morgan fingerprint density at radius 2 is 1.87 bits per heavy atom. The van der Waals surface area contributed by atoms with Gasteiger partial charge in [0.25, 0.3) is 0 Å². The lowest BCUT2D eigenvalue weighted by molar-refractivity contribution is -0.137. The Balaban J connectivity index is 1.57. The van der Waals surface area contributed by atoms with Crippen LogP contribution < -0.4 is 4.74 Å². The van der Waals surface area contributed by atoms with Gasteiger partial charge in [0, 0.05) is 19.5 Å². The van der Waals surface area contributed by atoms with Crippen LogP contribution in [0.25, 0.3) is 0 Å². The van der Waals surface area contributed by atoms with Crippen LogP contribution >= 0.6 is 0 Å². The summed E-state index contributed by atoms with van der Waals surface area (Å²) in [5.74, 6) is 2.03. The fourth-order valence-corrected chi connectivity index (χ4v) is 4.88. The number of aromatic nitrogens is 3. The highest BCUT2D eigenvalue weighted by atomic mass is 19.4. The van der Waals surface area contributed by atoms with Crippen molar-refractivity contribution < 1.29 is 17.9 Å². The number of piperidine rings is 1. The Labute approximate surface area is 179 Å². The first kappa shape index (κ1) is 21.5. The van der Waals surface area contributed by atoms with Crippen LogP contribution in [0, 0.1) is 36.1 Å². The van der Waals surface area contributed by atoms with E-state index in [2.05, 4.69) is 16.3 Å². The average molecular weight is 433 g/mol. The largest absolute Gasteiger partial charge is 0.424 e. The third-order valence-electron chi connectivity index (χ3n) is 6.31. The number of fused-ring (bicyclic) bond motifs is 2. The van der Waals surface area contributed by atoms with Gasteiger partial charge in [0.05, 0.1) is 11.6 Å². The molecule has 2 fully saturated rings. The fraction of sp³-hybridized carbons (Fsp3) is 0.591. The van der Waals surface area contributed by atoms with Crippen LogP contribution in [0.1, 0.15) is 49.7 Å². The van der Waals surface area contributed by atoms with Gasteiger partial charge in [-0.25, -0.2) is 4.68 Å². The van der Waals surface area contributed by atoms with E-state index in [0.29, 0.717) is 35.6 Å². The summed E-state index contributed by atoms with van der Waals surface area (Å²) in [7, 11) is 0. The van der Waals surface area contributed by atoms with Gasteiger partial charge in [0.1, 0.15) is 5.75 Å². The monoisotopic (exact) mass is 433 g/mol. The number of hydrogen-bond acceptors (Lipinski definition) is 5. The molecule has 0 spiro atoms. The van der Waals surface area contributed by atoms with E-state index in [0.717, 1.165) is 38.1 Å². The lowest BCUT2D eigenvalue weighted by atomic mass is 9.83. The molecule has 0 N–H and O–H groups in total. The van der Waals surface area contributed by atoms with Gasteiger partial charge in [0.15, 0.2) is 12.0 Å². The molecule has 1 unspecified atom stereocenters. The highest BCUT2D eigenvalue weighted by Gasteiger charge is 2.42. The zero-order valence-corrected chi connectivity index (χ0v) is 17.9. The summed E-state index contributed by atoms with van der Waals surface area (Å²) in [4.78, 5) is 6.38. The molecule has 2 heterocycles. The molecule has 166 valence electrons. The molecule has 6 nitrogen and oxygen atoms in total. The maximum absolute atomic E-state index is 13.2. The minimum atomic E-state index is -4.45. The van der Waals surface area contributed by atoms with Crippen LogP contribution in [-0.2, 0) is 12.6 Å². The van der Waals surface area contributed by atoms with Crippen molar-refractivity contribution in [1.82, 2.24) is 19.7 Å². The van der Waals surface area contributed by atoms with E-state index in [1.807, 2.05) is 18.7 Å². The second-order valence-electron chi connectivity index (χ2n) is 8.95. The van der Waals surface area contributed by atoms with E-state index in [9.17, 15) is 18.4 Å². The molecule has 1 aliphatic heterocycles. The SMILES string of the molecule is Cc1cc(Oc2nc(CC3[C@@H]4CC[C@H]3CN(C#N)C4)nn2C(C)C)cc(C(F)(F)F)c1. The third-order valence-corrected chi connectivity index (χ3v) is 6.31. The number of benzene rings is 1. The highest BCUT2D eigenvalue weighted by Crippen LogP contribution is 2.43. The van der Waals surface area contributed by atoms with Crippen molar-refractivity contribution in [2.24, 2.45) is 17.8 Å². The van der Waals surface area contributed by atoms with Crippen molar-refractivity contribution in [3.05, 3.63) is 35.2 Å². The Hall–Kier alpha value is -2.76. The van der Waals surface area contributed by atoms with E-state index in [-0.39, 0.29) is 17.8 Å². The molecule has 0 radical (unpaired) electrons. The van der Waals surface area contributed by atoms with Gasteiger partial charge >= 0.3 is 12.2 Å². The fourth-order valence-electron chi connectivity index (χ4n) is 4.88. The molecule has 31 heavy (non-hydrogen) atoms. The van der Waals surface area contributed by atoms with Gasteiger partial charge in [-0.1, -0.05) is 0 Å². The first-order chi connectivity index (χ1) is 14.6. The van der Waals surface area contributed by atoms with Crippen molar-refractivity contribution in [1.29, 1.82) is 5.26 Å². The number of rotatable bonds is 5. The zero-order valence-electron chi connectivity index (χ0n) is 17.9. The highest BCUT2D eigenvalue weighted by molar-refractivity contribution is 5.36. The van der Waals surface area contributed by atoms with Crippen LogP contribution in [-0.4, -0.2) is 32.8 Å². The molecular formula is C22H26F3N5O. The molecule has 2 bridgehead atoms. The van der Waals surface area contributed by atoms with Gasteiger partial charge in [0.2, 0.25) is 0 Å². The van der Waals surface area contributed by atoms with Gasteiger partial charge in [-0.2, -0.15) is 28.5 Å². The molecule has 1 saturated carbocycles. The van der Waals surface area contributed by atoms with Crippen LogP contribution in [0.3, 0.4) is 0 Å². The minimum absolute atomic E-state index is 0.0553. The van der Waals surface area contributed by atoms with Crippen molar-refractivity contribution in [2.75, 3.05) is 13.1 Å². The lowest BCUT2D eigenvalue weighted by Crippen LogP contribution is -2.40. The minimum Gasteiger partial charge on any atom is -0.424 e. The smallest absolute Gasteiger partial charge is 0.416 e. The second kappa shape index (κ2) is 8.06. The summed E-state index contributed by atoms with van der Waals surface area (Å²) in [5, 5.41) is 13.8. The Morgan fingerprint density at radius 1 is 1.19 bits per heavy atom. The summed E-state index contributed by atoms with van der Waals surface area (Å²) in [6.07, 6.45) is 0.708. The Bertz CT molecular complexity index is 980. The summed E-state index contributed by atoms with van der Waals surface area (Å²) < 4.78 is 47.0. The van der Waals surface area contributed by atoms with E-state index in [1.54, 1.807) is 17.7 Å². The predicted octanol–water partition coefficient (Wildman–Crippen LogP) is 4.96. The van der Waals surface area contributed by atoms with Crippen molar-refractivity contribution >= 4 is 0 Å². The number of halogens is 3. The van der Waals surface area contributed by atoms with Crippen molar-refractivity contribution in [3.8, 4) is 18.0 Å². The summed E-state index contributed by atoms with van der Waals surface area (Å²) in [5.41, 5.74) is -0.291. The zero-order chi connectivity index (χ0) is 22.3. The average Bonchev–Trinajstić information content (AvgIpc) is 3.17. The molecule has 3 atom stereocenters. The molecule has 1 aromatic carbocycles. The van der Waals surface area contributed by atoms with E-state index >= 15 is 0 Å². The number of ether oxygens (including phenoxy) is 1. The molecule has 2 aliphatic rings. The molecule has 1 aromatic heterocycles. The number of hydrogen-bond donors (Lipinski definition) is 0. The number of nitrogens with zero attached hydrogens (tertiary/aromatic N) is 5. The lowest BCUT2D eigenvalue weighted by Gasteiger charge is -2.34. The maximum atomic E-state index is 13.2. The Morgan fingerprint density at radius 3 is 2.45 bits per heavy atom. The molecule has 0 amide bonds. The summed E-state index contributed by atoms with van der Waals surface area (Å²) >= 11 is 0. The predicted molar refractivity (Wildman–Crippen MR) is 107 cm³/mol.